The number of aromatic nitrogens is 2. The monoisotopic (exact) mass is 738 g/mol. The van der Waals surface area contributed by atoms with Crippen molar-refractivity contribution in [1.29, 1.82) is 0 Å². The predicted molar refractivity (Wildman–Crippen MR) is 244 cm³/mol. The number of benzene rings is 9. The predicted octanol–water partition coefficient (Wildman–Crippen LogP) is 14.6. The van der Waals surface area contributed by atoms with Crippen molar-refractivity contribution in [3.63, 3.8) is 0 Å². The van der Waals surface area contributed by atoms with Gasteiger partial charge in [0, 0.05) is 38.3 Å². The van der Waals surface area contributed by atoms with Gasteiger partial charge in [0.15, 0.2) is 0 Å². The lowest BCUT2D eigenvalue weighted by atomic mass is 9.81. The molecular weight excluding hydrogens is 701 g/mol. The second-order valence-electron chi connectivity index (χ2n) is 16.9. The molecule has 2 heteroatoms. The molecule has 2 aliphatic rings. The lowest BCUT2D eigenvalue weighted by molar-refractivity contribution is 0.660. The van der Waals surface area contributed by atoms with Gasteiger partial charge >= 0.3 is 0 Å². The summed E-state index contributed by atoms with van der Waals surface area (Å²) in [5.74, 6) is 0. The highest BCUT2D eigenvalue weighted by atomic mass is 15.0. The van der Waals surface area contributed by atoms with Crippen LogP contribution in [0.15, 0.2) is 182 Å². The number of fused-ring (bicyclic) bond motifs is 14. The molecule has 0 N–H and O–H groups in total. The first-order chi connectivity index (χ1) is 28.5. The van der Waals surface area contributed by atoms with Crippen LogP contribution in [-0.4, -0.2) is 9.13 Å². The molecule has 0 bridgehead atoms. The largest absolute Gasteiger partial charge is 0.309 e. The molecule has 2 nitrogen and oxygen atoms in total. The van der Waals surface area contributed by atoms with Crippen LogP contribution >= 0.6 is 0 Å². The van der Waals surface area contributed by atoms with Gasteiger partial charge in [0.1, 0.15) is 0 Å². The quantitative estimate of drug-likeness (QED) is 0.171. The molecule has 2 heterocycles. The van der Waals surface area contributed by atoms with Gasteiger partial charge in [-0.1, -0.05) is 141 Å². The molecule has 2 aromatic heterocycles. The van der Waals surface area contributed by atoms with E-state index in [1.54, 1.807) is 0 Å². The molecule has 2 aliphatic carbocycles. The molecule has 13 rings (SSSR count). The minimum Gasteiger partial charge on any atom is -0.309 e. The van der Waals surface area contributed by atoms with Crippen LogP contribution in [0.2, 0.25) is 0 Å². The standard InChI is InChI=1S/C56H38N2/c1-56(2)48-20-10-7-17-41(48)42-26-24-37(31-49(42)56)45-32-39(33-47-40-16-6-5-15-36(40)30-46(45)47)58-51-22-12-9-19-44(51)55-53(58)28-27-52-54(55)43-18-8-11-21-50(43)57(52)38-25-23-34-13-3-4-14-35(34)29-38/h3-29,31-33H,30H2,1-2H3. The van der Waals surface area contributed by atoms with Gasteiger partial charge in [-0.2, -0.15) is 0 Å². The first kappa shape index (κ1) is 32.0. The fraction of sp³-hybridized carbons (Fsp3) is 0.0714. The minimum absolute atomic E-state index is 0.0735. The van der Waals surface area contributed by atoms with Crippen molar-refractivity contribution in [3.05, 3.63) is 204 Å². The Balaban J connectivity index is 1.09. The molecular formula is C56H38N2. The molecule has 0 fully saturated rings. The highest BCUT2D eigenvalue weighted by Gasteiger charge is 2.36. The topological polar surface area (TPSA) is 9.86 Å². The number of hydrogen-bond donors (Lipinski definition) is 0. The molecule has 0 radical (unpaired) electrons. The van der Waals surface area contributed by atoms with E-state index in [9.17, 15) is 0 Å². The van der Waals surface area contributed by atoms with Crippen molar-refractivity contribution in [1.82, 2.24) is 9.13 Å². The van der Waals surface area contributed by atoms with Crippen molar-refractivity contribution >= 4 is 54.4 Å². The smallest absolute Gasteiger partial charge is 0.0548 e. The van der Waals surface area contributed by atoms with E-state index >= 15 is 0 Å². The molecule has 0 amide bonds. The molecule has 58 heavy (non-hydrogen) atoms. The maximum atomic E-state index is 2.53. The van der Waals surface area contributed by atoms with Gasteiger partial charge in [-0.3, -0.25) is 0 Å². The van der Waals surface area contributed by atoms with E-state index in [1.165, 1.54) is 121 Å². The lowest BCUT2D eigenvalue weighted by Crippen LogP contribution is -2.14. The highest BCUT2D eigenvalue weighted by Crippen LogP contribution is 2.51. The van der Waals surface area contributed by atoms with Gasteiger partial charge in [0.25, 0.3) is 0 Å². The summed E-state index contributed by atoms with van der Waals surface area (Å²) in [6.07, 6.45) is 0.934. The maximum absolute atomic E-state index is 2.53. The molecule has 0 saturated carbocycles. The van der Waals surface area contributed by atoms with E-state index < -0.39 is 0 Å². The Kier molecular flexibility index (Phi) is 6.32. The summed E-state index contributed by atoms with van der Waals surface area (Å²) < 4.78 is 4.99. The molecule has 0 spiro atoms. The fourth-order valence-electron chi connectivity index (χ4n) is 10.9. The van der Waals surface area contributed by atoms with E-state index in [0.29, 0.717) is 0 Å². The third-order valence-corrected chi connectivity index (χ3v) is 13.5. The Morgan fingerprint density at radius 3 is 1.78 bits per heavy atom. The van der Waals surface area contributed by atoms with E-state index in [1.807, 2.05) is 0 Å². The minimum atomic E-state index is -0.0735. The van der Waals surface area contributed by atoms with Crippen molar-refractivity contribution in [2.75, 3.05) is 0 Å². The molecule has 0 aliphatic heterocycles. The van der Waals surface area contributed by atoms with Crippen LogP contribution in [-0.2, 0) is 11.8 Å². The molecule has 0 saturated heterocycles. The number of rotatable bonds is 3. The third-order valence-electron chi connectivity index (χ3n) is 13.5. The zero-order valence-corrected chi connectivity index (χ0v) is 32.4. The first-order valence-electron chi connectivity index (χ1n) is 20.5. The van der Waals surface area contributed by atoms with Crippen LogP contribution in [0.25, 0.3) is 99.1 Å². The molecule has 272 valence electrons. The Hall–Kier alpha value is -7.16. The summed E-state index contributed by atoms with van der Waals surface area (Å²) in [5.41, 5.74) is 20.8. The van der Waals surface area contributed by atoms with Gasteiger partial charge in [-0.25, -0.2) is 0 Å². The number of nitrogens with zero attached hydrogens (tertiary/aromatic N) is 2. The Bertz CT molecular complexity index is 3570. The summed E-state index contributed by atoms with van der Waals surface area (Å²) in [5, 5.41) is 7.62. The van der Waals surface area contributed by atoms with E-state index in [0.717, 1.165) is 6.42 Å². The van der Waals surface area contributed by atoms with Crippen LogP contribution < -0.4 is 0 Å². The van der Waals surface area contributed by atoms with Crippen LogP contribution in [0.4, 0.5) is 0 Å². The second kappa shape index (κ2) is 11.5. The SMILES string of the molecule is CC1(C)c2ccccc2-c2ccc(-c3cc(-n4c5ccccc5c5c6c7ccccc7n(-c7ccc8ccccc8c7)c6ccc54)cc4c3Cc3ccccc3-4)cc21. The zero-order valence-electron chi connectivity index (χ0n) is 32.4. The first-order valence-corrected chi connectivity index (χ1v) is 20.5. The van der Waals surface area contributed by atoms with Crippen LogP contribution in [0.3, 0.4) is 0 Å². The van der Waals surface area contributed by atoms with Crippen LogP contribution in [0.5, 0.6) is 0 Å². The maximum Gasteiger partial charge on any atom is 0.0548 e. The third kappa shape index (κ3) is 4.22. The zero-order chi connectivity index (χ0) is 38.3. The van der Waals surface area contributed by atoms with Crippen molar-refractivity contribution in [3.8, 4) is 44.8 Å². The van der Waals surface area contributed by atoms with Gasteiger partial charge < -0.3 is 9.13 Å². The van der Waals surface area contributed by atoms with Gasteiger partial charge in [0.05, 0.1) is 22.1 Å². The summed E-state index contributed by atoms with van der Waals surface area (Å²) in [4.78, 5) is 0. The summed E-state index contributed by atoms with van der Waals surface area (Å²) >= 11 is 0. The van der Waals surface area contributed by atoms with E-state index in [2.05, 4.69) is 205 Å². The van der Waals surface area contributed by atoms with Crippen molar-refractivity contribution < 1.29 is 0 Å². The number of hydrogen-bond acceptors (Lipinski definition) is 0. The van der Waals surface area contributed by atoms with Crippen molar-refractivity contribution in [2.45, 2.75) is 25.7 Å². The summed E-state index contributed by atoms with van der Waals surface area (Å²) in [7, 11) is 0. The van der Waals surface area contributed by atoms with Gasteiger partial charge in [-0.05, 0) is 127 Å². The molecule has 11 aromatic rings. The highest BCUT2D eigenvalue weighted by molar-refractivity contribution is 6.29. The van der Waals surface area contributed by atoms with Crippen LogP contribution in [0, 0.1) is 0 Å². The molecule has 0 unspecified atom stereocenters. The number of para-hydroxylation sites is 2. The van der Waals surface area contributed by atoms with Crippen LogP contribution in [0.1, 0.15) is 36.1 Å². The van der Waals surface area contributed by atoms with Gasteiger partial charge in [0.2, 0.25) is 0 Å². The Morgan fingerprint density at radius 1 is 0.397 bits per heavy atom. The van der Waals surface area contributed by atoms with Gasteiger partial charge in [-0.15, -0.1) is 0 Å². The average molecular weight is 739 g/mol. The summed E-state index contributed by atoms with van der Waals surface area (Å²) in [6, 6.07) is 68.3. The average Bonchev–Trinajstić information content (AvgIpc) is 3.98. The summed E-state index contributed by atoms with van der Waals surface area (Å²) in [6.45, 7) is 4.77. The Labute approximate surface area is 336 Å². The van der Waals surface area contributed by atoms with E-state index in [-0.39, 0.29) is 5.41 Å². The second-order valence-corrected chi connectivity index (χ2v) is 16.9. The van der Waals surface area contributed by atoms with Crippen molar-refractivity contribution in [2.24, 2.45) is 0 Å². The fourth-order valence-corrected chi connectivity index (χ4v) is 10.9. The Morgan fingerprint density at radius 2 is 1.00 bits per heavy atom. The normalized spacial score (nSPS) is 13.8. The van der Waals surface area contributed by atoms with E-state index in [4.69, 9.17) is 0 Å². The lowest BCUT2D eigenvalue weighted by Gasteiger charge is -2.22. The molecule has 9 aromatic carbocycles. The molecule has 0 atom stereocenters.